The number of sulfonamides is 1. The Balaban J connectivity index is 1.27. The van der Waals surface area contributed by atoms with Gasteiger partial charge in [-0.2, -0.15) is 4.31 Å². The molecule has 0 unspecified atom stereocenters. The lowest BCUT2D eigenvalue weighted by atomic mass is 10.3. The van der Waals surface area contributed by atoms with Gasteiger partial charge in [0.25, 0.3) is 21.5 Å². The number of amides is 1. The van der Waals surface area contributed by atoms with Crippen LogP contribution in [-0.4, -0.2) is 74.2 Å². The lowest BCUT2D eigenvalue weighted by molar-refractivity contribution is 0.0685. The number of fused-ring (bicyclic) bond motifs is 1. The number of rotatable bonds is 4. The largest absolute Gasteiger partial charge is 0.333 e. The van der Waals surface area contributed by atoms with Gasteiger partial charge in [0.2, 0.25) is 11.0 Å². The predicted octanol–water partition coefficient (Wildman–Crippen LogP) is 1.61. The summed E-state index contributed by atoms with van der Waals surface area (Å²) in [5.74, 6) is -0.442. The van der Waals surface area contributed by atoms with Crippen molar-refractivity contribution in [3.63, 3.8) is 0 Å². The normalized spacial score (nSPS) is 15.0. The minimum atomic E-state index is -3.87. The summed E-state index contributed by atoms with van der Waals surface area (Å²) >= 11 is 5.96. The Kier molecular flexibility index (Phi) is 5.87. The molecule has 11 nitrogen and oxygen atoms in total. The van der Waals surface area contributed by atoms with Gasteiger partial charge in [-0.3, -0.25) is 14.2 Å². The molecule has 1 N–H and O–H groups in total. The van der Waals surface area contributed by atoms with Crippen LogP contribution in [0.5, 0.6) is 0 Å². The minimum Gasteiger partial charge on any atom is -0.333 e. The Morgan fingerprint density at radius 1 is 1.06 bits per heavy atom. The van der Waals surface area contributed by atoms with Crippen LogP contribution in [0, 0.1) is 6.92 Å². The van der Waals surface area contributed by atoms with Crippen molar-refractivity contribution < 1.29 is 13.2 Å². The molecule has 1 aliphatic heterocycles. The van der Waals surface area contributed by atoms with Crippen LogP contribution >= 0.6 is 11.6 Å². The Morgan fingerprint density at radius 2 is 1.77 bits per heavy atom. The van der Waals surface area contributed by atoms with Crippen LogP contribution < -0.4 is 5.56 Å². The zero-order valence-electron chi connectivity index (χ0n) is 18.5. The molecule has 1 aromatic carbocycles. The number of nitrogens with zero attached hydrogens (tertiary/aromatic N) is 6. The summed E-state index contributed by atoms with van der Waals surface area (Å²) in [7, 11) is -3.87. The van der Waals surface area contributed by atoms with E-state index < -0.39 is 15.9 Å². The highest BCUT2D eigenvalue weighted by atomic mass is 35.5. The smallest absolute Gasteiger partial charge is 0.291 e. The molecule has 0 aliphatic carbocycles. The molecule has 0 saturated carbocycles. The van der Waals surface area contributed by atoms with Gasteiger partial charge in [0.15, 0.2) is 0 Å². The van der Waals surface area contributed by atoms with Gasteiger partial charge in [0.05, 0.1) is 29.1 Å². The van der Waals surface area contributed by atoms with Crippen molar-refractivity contribution >= 4 is 38.6 Å². The van der Waals surface area contributed by atoms with E-state index in [1.807, 2.05) is 6.92 Å². The van der Waals surface area contributed by atoms with Crippen LogP contribution in [0.1, 0.15) is 16.2 Å². The van der Waals surface area contributed by atoms with Gasteiger partial charge in [-0.25, -0.2) is 23.4 Å². The molecule has 13 heteroatoms. The third-order valence-corrected chi connectivity index (χ3v) is 7.68. The molecular formula is C22H20ClN7O4S. The number of aromatic amines is 1. The van der Waals surface area contributed by atoms with E-state index in [9.17, 15) is 18.0 Å². The number of piperazine rings is 1. The Morgan fingerprint density at radius 3 is 2.46 bits per heavy atom. The summed E-state index contributed by atoms with van der Waals surface area (Å²) in [5.41, 5.74) is 2.07. The predicted molar refractivity (Wildman–Crippen MR) is 128 cm³/mol. The number of benzene rings is 1. The molecule has 4 heterocycles. The Bertz CT molecular complexity index is 1590. The highest BCUT2D eigenvalue weighted by molar-refractivity contribution is 7.89. The highest BCUT2D eigenvalue weighted by Crippen LogP contribution is 2.22. The molecule has 35 heavy (non-hydrogen) atoms. The van der Waals surface area contributed by atoms with Crippen molar-refractivity contribution in [2.24, 2.45) is 0 Å². The molecule has 1 saturated heterocycles. The standard InChI is InChI=1S/C22H20ClN7O4S/c1-14-4-5-30(19(31)10-14)16-12-24-20(25-13-16)21(32)28-6-8-29(9-7-28)35(33,34)22-26-17-3-2-15(23)11-18(17)27-22/h2-5,10-13H,6-9H2,1H3,(H,26,27). The molecule has 1 fully saturated rings. The number of hydrogen-bond donors (Lipinski definition) is 1. The molecular weight excluding hydrogens is 494 g/mol. The molecule has 0 bridgehead atoms. The fourth-order valence-corrected chi connectivity index (χ4v) is 5.33. The van der Waals surface area contributed by atoms with Crippen molar-refractivity contribution in [2.75, 3.05) is 26.2 Å². The van der Waals surface area contributed by atoms with E-state index in [0.717, 1.165) is 5.56 Å². The number of pyridine rings is 1. The van der Waals surface area contributed by atoms with E-state index in [1.54, 1.807) is 30.5 Å². The number of carbonyl (C=O) groups excluding carboxylic acids is 1. The Hall–Kier alpha value is -3.61. The maximum Gasteiger partial charge on any atom is 0.291 e. The number of carbonyl (C=O) groups is 1. The summed E-state index contributed by atoms with van der Waals surface area (Å²) in [5, 5.41) is 0.293. The lowest BCUT2D eigenvalue weighted by Gasteiger charge is -2.33. The number of nitrogens with one attached hydrogen (secondary N) is 1. The zero-order valence-corrected chi connectivity index (χ0v) is 20.1. The van der Waals surface area contributed by atoms with Crippen molar-refractivity contribution in [1.82, 2.24) is 33.7 Å². The van der Waals surface area contributed by atoms with Crippen LogP contribution in [0.15, 0.2) is 58.9 Å². The lowest BCUT2D eigenvalue weighted by Crippen LogP contribution is -2.50. The maximum atomic E-state index is 13.1. The van der Waals surface area contributed by atoms with Crippen LogP contribution in [0.25, 0.3) is 16.7 Å². The number of H-pyrrole nitrogens is 1. The van der Waals surface area contributed by atoms with E-state index in [0.29, 0.717) is 21.7 Å². The fourth-order valence-electron chi connectivity index (χ4n) is 3.82. The van der Waals surface area contributed by atoms with Crippen LogP contribution in [0.2, 0.25) is 5.02 Å². The molecule has 0 radical (unpaired) electrons. The van der Waals surface area contributed by atoms with Gasteiger partial charge >= 0.3 is 0 Å². The number of hydrogen-bond acceptors (Lipinski definition) is 7. The fraction of sp³-hybridized carbons (Fsp3) is 0.227. The zero-order chi connectivity index (χ0) is 24.7. The number of aromatic nitrogens is 5. The number of imidazole rings is 1. The molecule has 4 aromatic rings. The molecule has 0 atom stereocenters. The molecule has 3 aromatic heterocycles. The SMILES string of the molecule is Cc1ccn(-c2cnc(C(=O)N3CCN(S(=O)(=O)c4nc5cc(Cl)ccc5[nH]4)CC3)nc2)c(=O)c1. The van der Waals surface area contributed by atoms with E-state index in [2.05, 4.69) is 19.9 Å². The molecule has 0 spiro atoms. The number of halogens is 1. The van der Waals surface area contributed by atoms with Crippen LogP contribution in [0.4, 0.5) is 0 Å². The maximum absolute atomic E-state index is 13.1. The van der Waals surface area contributed by atoms with Gasteiger partial charge in [-0.15, -0.1) is 0 Å². The first-order valence-corrected chi connectivity index (χ1v) is 12.5. The van der Waals surface area contributed by atoms with Crippen molar-refractivity contribution in [1.29, 1.82) is 0 Å². The average Bonchev–Trinajstić information content (AvgIpc) is 3.28. The van der Waals surface area contributed by atoms with Crippen molar-refractivity contribution in [2.45, 2.75) is 12.1 Å². The summed E-state index contributed by atoms with van der Waals surface area (Å²) in [6, 6.07) is 8.18. The van der Waals surface area contributed by atoms with Crippen molar-refractivity contribution in [3.8, 4) is 5.69 Å². The third kappa shape index (κ3) is 4.43. The van der Waals surface area contributed by atoms with Crippen LogP contribution in [-0.2, 0) is 10.0 Å². The first-order valence-electron chi connectivity index (χ1n) is 10.7. The molecule has 180 valence electrons. The quantitative estimate of drug-likeness (QED) is 0.438. The van der Waals surface area contributed by atoms with E-state index in [1.165, 1.54) is 32.2 Å². The first kappa shape index (κ1) is 23.1. The van der Waals surface area contributed by atoms with E-state index in [4.69, 9.17) is 11.6 Å². The van der Waals surface area contributed by atoms with Crippen molar-refractivity contribution in [3.05, 3.63) is 75.7 Å². The Labute approximate surface area is 205 Å². The molecule has 1 amide bonds. The average molecular weight is 514 g/mol. The van der Waals surface area contributed by atoms with E-state index >= 15 is 0 Å². The van der Waals surface area contributed by atoms with Gasteiger partial charge in [0, 0.05) is 43.5 Å². The molecule has 5 rings (SSSR count). The second-order valence-electron chi connectivity index (χ2n) is 8.08. The number of aryl methyl sites for hydroxylation is 1. The summed E-state index contributed by atoms with van der Waals surface area (Å²) < 4.78 is 28.8. The summed E-state index contributed by atoms with van der Waals surface area (Å²) in [6.45, 7) is 2.37. The monoisotopic (exact) mass is 513 g/mol. The third-order valence-electron chi connectivity index (χ3n) is 5.72. The summed E-state index contributed by atoms with van der Waals surface area (Å²) in [6.07, 6.45) is 4.44. The highest BCUT2D eigenvalue weighted by Gasteiger charge is 2.33. The topological polar surface area (TPSA) is 134 Å². The second-order valence-corrected chi connectivity index (χ2v) is 10.4. The van der Waals surface area contributed by atoms with Gasteiger partial charge < -0.3 is 9.88 Å². The first-order chi connectivity index (χ1) is 16.7. The summed E-state index contributed by atoms with van der Waals surface area (Å²) in [4.78, 5) is 41.8. The van der Waals surface area contributed by atoms with Gasteiger partial charge in [-0.1, -0.05) is 11.6 Å². The van der Waals surface area contributed by atoms with Crippen LogP contribution in [0.3, 0.4) is 0 Å². The molecule has 1 aliphatic rings. The second kappa shape index (κ2) is 8.87. The van der Waals surface area contributed by atoms with Gasteiger partial charge in [-0.05, 0) is 36.8 Å². The minimum absolute atomic E-state index is 0.0284. The van der Waals surface area contributed by atoms with Gasteiger partial charge in [0.1, 0.15) is 0 Å². The van der Waals surface area contributed by atoms with E-state index in [-0.39, 0.29) is 42.7 Å².